The third kappa shape index (κ3) is 3.12. The largest absolute Gasteiger partial charge is 0.477 e. The maximum atomic E-state index is 11.3. The summed E-state index contributed by atoms with van der Waals surface area (Å²) in [4.78, 5) is 15.3. The Labute approximate surface area is 107 Å². The molecule has 98 valence electrons. The monoisotopic (exact) mass is 249 g/mol. The van der Waals surface area contributed by atoms with Gasteiger partial charge in [-0.25, -0.2) is 4.98 Å². The van der Waals surface area contributed by atoms with E-state index in [0.29, 0.717) is 24.1 Å². The summed E-state index contributed by atoms with van der Waals surface area (Å²) in [6.07, 6.45) is 7.66. The van der Waals surface area contributed by atoms with Gasteiger partial charge in [-0.3, -0.25) is 4.79 Å². The van der Waals surface area contributed by atoms with Gasteiger partial charge in [0.05, 0.1) is 18.5 Å². The molecule has 2 rings (SSSR count). The van der Waals surface area contributed by atoms with Crippen LogP contribution in [0.15, 0.2) is 12.3 Å². The van der Waals surface area contributed by atoms with Crippen LogP contribution in [0.4, 0.5) is 5.69 Å². The van der Waals surface area contributed by atoms with Gasteiger partial charge in [-0.1, -0.05) is 19.3 Å². The number of rotatable bonds is 4. The number of pyridine rings is 1. The van der Waals surface area contributed by atoms with Crippen LogP contribution in [0.3, 0.4) is 0 Å². The first kappa shape index (κ1) is 12.7. The summed E-state index contributed by atoms with van der Waals surface area (Å²) in [5.74, 6) is 0.287. The molecule has 0 aromatic carbocycles. The maximum absolute atomic E-state index is 11.3. The molecule has 1 aromatic rings. The third-order valence-corrected chi connectivity index (χ3v) is 3.32. The van der Waals surface area contributed by atoms with Crippen molar-refractivity contribution in [1.29, 1.82) is 0 Å². The molecule has 4 N–H and O–H groups in total. The van der Waals surface area contributed by atoms with E-state index in [1.54, 1.807) is 0 Å². The highest BCUT2D eigenvalue weighted by Gasteiger charge is 2.17. The predicted octanol–water partition coefficient (Wildman–Crippen LogP) is 1.72. The van der Waals surface area contributed by atoms with Gasteiger partial charge >= 0.3 is 0 Å². The summed E-state index contributed by atoms with van der Waals surface area (Å²) in [5.41, 5.74) is 11.5. The Bertz CT molecular complexity index is 428. The average molecular weight is 249 g/mol. The van der Waals surface area contributed by atoms with E-state index >= 15 is 0 Å². The Hall–Kier alpha value is -1.78. The summed E-state index contributed by atoms with van der Waals surface area (Å²) in [7, 11) is 0. The molecule has 1 fully saturated rings. The van der Waals surface area contributed by atoms with Gasteiger partial charge in [0.2, 0.25) is 5.88 Å². The SMILES string of the molecule is NC(=O)c1cc(N)cnc1OCC1CCCCC1. The minimum absolute atomic E-state index is 0.255. The minimum Gasteiger partial charge on any atom is -0.477 e. The van der Waals surface area contributed by atoms with Crippen molar-refractivity contribution in [2.45, 2.75) is 32.1 Å². The van der Waals surface area contributed by atoms with E-state index in [9.17, 15) is 4.79 Å². The second-order valence-corrected chi connectivity index (χ2v) is 4.80. The number of anilines is 1. The average Bonchev–Trinajstić information content (AvgIpc) is 2.38. The molecule has 0 aliphatic heterocycles. The summed E-state index contributed by atoms with van der Waals surface area (Å²) < 4.78 is 5.63. The van der Waals surface area contributed by atoms with Crippen molar-refractivity contribution in [3.05, 3.63) is 17.8 Å². The molecule has 1 saturated carbocycles. The number of primary amides is 1. The Morgan fingerprint density at radius 1 is 1.39 bits per heavy atom. The molecule has 5 heteroatoms. The van der Waals surface area contributed by atoms with Gasteiger partial charge in [-0.15, -0.1) is 0 Å². The van der Waals surface area contributed by atoms with Crippen molar-refractivity contribution in [3.63, 3.8) is 0 Å². The molecule has 18 heavy (non-hydrogen) atoms. The topological polar surface area (TPSA) is 91.2 Å². The summed E-state index contributed by atoms with van der Waals surface area (Å²) in [6, 6.07) is 1.51. The number of nitrogens with two attached hydrogens (primary N) is 2. The van der Waals surface area contributed by atoms with E-state index in [1.807, 2.05) is 0 Å². The first-order valence-corrected chi connectivity index (χ1v) is 6.35. The molecular weight excluding hydrogens is 230 g/mol. The molecule has 5 nitrogen and oxygen atoms in total. The maximum Gasteiger partial charge on any atom is 0.254 e. The Morgan fingerprint density at radius 2 is 2.11 bits per heavy atom. The lowest BCUT2D eigenvalue weighted by molar-refractivity contribution is 0.0993. The number of carbonyl (C=O) groups excluding carboxylic acids is 1. The molecule has 0 atom stereocenters. The molecule has 0 unspecified atom stereocenters. The fraction of sp³-hybridized carbons (Fsp3) is 0.538. The van der Waals surface area contributed by atoms with Crippen LogP contribution in [0, 0.1) is 5.92 Å². The van der Waals surface area contributed by atoms with Crippen LogP contribution in [0.1, 0.15) is 42.5 Å². The van der Waals surface area contributed by atoms with Gasteiger partial charge in [0.1, 0.15) is 5.56 Å². The molecule has 1 aliphatic carbocycles. The van der Waals surface area contributed by atoms with Gasteiger partial charge in [0, 0.05) is 0 Å². The number of nitrogen functional groups attached to an aromatic ring is 1. The summed E-state index contributed by atoms with van der Waals surface area (Å²) in [6.45, 7) is 0.594. The van der Waals surface area contributed by atoms with Gasteiger partial charge in [-0.05, 0) is 24.8 Å². The number of nitrogens with zero attached hydrogens (tertiary/aromatic N) is 1. The van der Waals surface area contributed by atoms with Gasteiger partial charge in [0.15, 0.2) is 0 Å². The highest BCUT2D eigenvalue weighted by atomic mass is 16.5. The Morgan fingerprint density at radius 3 is 2.78 bits per heavy atom. The number of aromatic nitrogens is 1. The highest BCUT2D eigenvalue weighted by molar-refractivity contribution is 5.95. The van der Waals surface area contributed by atoms with E-state index in [4.69, 9.17) is 16.2 Å². The van der Waals surface area contributed by atoms with Crippen molar-refractivity contribution >= 4 is 11.6 Å². The number of hydrogen-bond acceptors (Lipinski definition) is 4. The van der Waals surface area contributed by atoms with Crippen molar-refractivity contribution in [2.24, 2.45) is 11.7 Å². The van der Waals surface area contributed by atoms with Crippen molar-refractivity contribution < 1.29 is 9.53 Å². The zero-order valence-corrected chi connectivity index (χ0v) is 10.4. The molecule has 0 radical (unpaired) electrons. The van der Waals surface area contributed by atoms with Gasteiger partial charge in [0.25, 0.3) is 5.91 Å². The van der Waals surface area contributed by atoms with Crippen molar-refractivity contribution in [3.8, 4) is 5.88 Å². The van der Waals surface area contributed by atoms with E-state index in [-0.39, 0.29) is 5.56 Å². The quantitative estimate of drug-likeness (QED) is 0.850. The number of ether oxygens (including phenoxy) is 1. The van der Waals surface area contributed by atoms with Crippen LogP contribution in [0.5, 0.6) is 5.88 Å². The van der Waals surface area contributed by atoms with Crippen LogP contribution in [-0.4, -0.2) is 17.5 Å². The number of amides is 1. The summed E-state index contributed by atoms with van der Waals surface area (Å²) in [5, 5.41) is 0. The number of carbonyl (C=O) groups is 1. The zero-order chi connectivity index (χ0) is 13.0. The van der Waals surface area contributed by atoms with Crippen LogP contribution in [-0.2, 0) is 0 Å². The molecule has 1 heterocycles. The Kier molecular flexibility index (Phi) is 4.02. The minimum atomic E-state index is -0.562. The Balaban J connectivity index is 2.01. The first-order chi connectivity index (χ1) is 8.66. The van der Waals surface area contributed by atoms with Crippen LogP contribution in [0.2, 0.25) is 0 Å². The third-order valence-electron chi connectivity index (χ3n) is 3.32. The van der Waals surface area contributed by atoms with Crippen LogP contribution >= 0.6 is 0 Å². The second-order valence-electron chi connectivity index (χ2n) is 4.80. The molecule has 0 spiro atoms. The van der Waals surface area contributed by atoms with Gasteiger partial charge in [-0.2, -0.15) is 0 Å². The normalized spacial score (nSPS) is 16.4. The van der Waals surface area contributed by atoms with E-state index in [0.717, 1.165) is 0 Å². The van der Waals surface area contributed by atoms with E-state index < -0.39 is 5.91 Å². The molecule has 0 saturated heterocycles. The molecule has 1 aromatic heterocycles. The number of hydrogen-bond donors (Lipinski definition) is 2. The standard InChI is InChI=1S/C13H19N3O2/c14-10-6-11(12(15)17)13(16-7-10)18-8-9-4-2-1-3-5-9/h6-7,9H,1-5,8,14H2,(H2,15,17). The van der Waals surface area contributed by atoms with Crippen molar-refractivity contribution in [2.75, 3.05) is 12.3 Å². The lowest BCUT2D eigenvalue weighted by atomic mass is 9.90. The van der Waals surface area contributed by atoms with E-state index in [1.165, 1.54) is 44.4 Å². The predicted molar refractivity (Wildman–Crippen MR) is 69.2 cm³/mol. The zero-order valence-electron chi connectivity index (χ0n) is 10.4. The molecular formula is C13H19N3O2. The highest BCUT2D eigenvalue weighted by Crippen LogP contribution is 2.25. The van der Waals surface area contributed by atoms with Gasteiger partial charge < -0.3 is 16.2 Å². The molecule has 1 aliphatic rings. The lowest BCUT2D eigenvalue weighted by Crippen LogP contribution is -2.19. The molecule has 0 bridgehead atoms. The fourth-order valence-corrected chi connectivity index (χ4v) is 2.31. The lowest BCUT2D eigenvalue weighted by Gasteiger charge is -2.21. The fourth-order valence-electron chi connectivity index (χ4n) is 2.31. The smallest absolute Gasteiger partial charge is 0.254 e. The van der Waals surface area contributed by atoms with Crippen LogP contribution < -0.4 is 16.2 Å². The summed E-state index contributed by atoms with van der Waals surface area (Å²) >= 11 is 0. The van der Waals surface area contributed by atoms with E-state index in [2.05, 4.69) is 4.98 Å². The second kappa shape index (κ2) is 5.71. The molecule has 1 amide bonds. The van der Waals surface area contributed by atoms with Crippen LogP contribution in [0.25, 0.3) is 0 Å². The first-order valence-electron chi connectivity index (χ1n) is 6.35. The van der Waals surface area contributed by atoms with Crippen molar-refractivity contribution in [1.82, 2.24) is 4.98 Å².